The molecule has 0 aromatic carbocycles. The van der Waals surface area contributed by atoms with Crippen molar-refractivity contribution >= 4 is 11.9 Å². The van der Waals surface area contributed by atoms with Crippen LogP contribution in [0.1, 0.15) is 45.7 Å². The molecule has 1 aromatic rings. The maximum atomic E-state index is 5.55. The maximum absolute atomic E-state index is 5.55. The van der Waals surface area contributed by atoms with Crippen LogP contribution in [-0.4, -0.2) is 4.98 Å². The number of nitrogens with two attached hydrogens (primary N) is 1. The maximum Gasteiger partial charge on any atom is 0.130 e. The lowest BCUT2D eigenvalue weighted by Crippen LogP contribution is -1.94. The first-order chi connectivity index (χ1) is 8.17. The summed E-state index contributed by atoms with van der Waals surface area (Å²) in [7, 11) is 0. The minimum atomic E-state index is 0.551. The van der Waals surface area contributed by atoms with Crippen LogP contribution in [0.3, 0.4) is 0 Å². The number of aryl methyl sites for hydroxylation is 1. The van der Waals surface area contributed by atoms with Crippen molar-refractivity contribution < 1.29 is 0 Å². The van der Waals surface area contributed by atoms with Crippen LogP contribution in [-0.2, 0) is 0 Å². The minimum absolute atomic E-state index is 0.551. The Hall–Kier alpha value is -1.57. The van der Waals surface area contributed by atoms with Crippen LogP contribution >= 0.6 is 0 Å². The van der Waals surface area contributed by atoms with Gasteiger partial charge in [0.15, 0.2) is 0 Å². The van der Waals surface area contributed by atoms with Crippen LogP contribution in [0.15, 0.2) is 31.5 Å². The van der Waals surface area contributed by atoms with E-state index in [1.165, 1.54) is 0 Å². The van der Waals surface area contributed by atoms with E-state index in [2.05, 4.69) is 18.1 Å². The summed E-state index contributed by atoms with van der Waals surface area (Å²) in [6, 6.07) is 1.91. The largest absolute Gasteiger partial charge is 0.383 e. The molecule has 98 valence electrons. The lowest BCUT2D eigenvalue weighted by molar-refractivity contribution is 1.28. The minimum Gasteiger partial charge on any atom is -0.383 e. The highest BCUT2D eigenvalue weighted by Gasteiger charge is 1.96. The number of anilines is 1. The van der Waals surface area contributed by atoms with Crippen molar-refractivity contribution in [3.05, 3.63) is 42.6 Å². The van der Waals surface area contributed by atoms with E-state index in [0.29, 0.717) is 5.82 Å². The number of hydrogen-bond donors (Lipinski definition) is 1. The number of rotatable bonds is 1. The van der Waals surface area contributed by atoms with Gasteiger partial charge in [0.1, 0.15) is 5.82 Å². The van der Waals surface area contributed by atoms with Crippen LogP contribution in [0, 0.1) is 6.92 Å². The van der Waals surface area contributed by atoms with Crippen molar-refractivity contribution in [3.8, 4) is 0 Å². The van der Waals surface area contributed by atoms with Gasteiger partial charge in [-0.15, -0.1) is 6.58 Å². The molecule has 0 atom stereocenters. The molecular formula is C15H28N2. The molecule has 0 bridgehead atoms. The van der Waals surface area contributed by atoms with Gasteiger partial charge >= 0.3 is 0 Å². The third-order valence-corrected chi connectivity index (χ3v) is 1.44. The van der Waals surface area contributed by atoms with Gasteiger partial charge in [0.05, 0.1) is 0 Å². The molecule has 1 rings (SSSR count). The van der Waals surface area contributed by atoms with Crippen molar-refractivity contribution in [2.75, 3.05) is 5.73 Å². The fourth-order valence-electron chi connectivity index (χ4n) is 0.856. The third kappa shape index (κ3) is 10.7. The first-order valence-electron chi connectivity index (χ1n) is 6.08. The van der Waals surface area contributed by atoms with Gasteiger partial charge < -0.3 is 5.73 Å². The molecule has 1 aromatic heterocycles. The van der Waals surface area contributed by atoms with E-state index in [-0.39, 0.29) is 0 Å². The lowest BCUT2D eigenvalue weighted by atomic mass is 10.1. The molecule has 0 amide bonds. The molecule has 0 fully saturated rings. The molecule has 2 nitrogen and oxygen atoms in total. The molecule has 0 aliphatic heterocycles. The standard InChI is InChI=1S/C8H10N2.C3H6.2C2H6/c1-3-7-6(2)4-5-10-8(7)9;1-3-2;2*1-2/h3-5H,1H2,2H3,(H2,9,10);3H,1H2,2H3;2*1-2H3. The van der Waals surface area contributed by atoms with E-state index >= 15 is 0 Å². The summed E-state index contributed by atoms with van der Waals surface area (Å²) < 4.78 is 0. The van der Waals surface area contributed by atoms with Crippen LogP contribution in [0.4, 0.5) is 5.82 Å². The Bertz CT molecular complexity index is 271. The Morgan fingerprint density at radius 2 is 1.59 bits per heavy atom. The highest BCUT2D eigenvalue weighted by atomic mass is 14.8. The molecule has 0 radical (unpaired) electrons. The van der Waals surface area contributed by atoms with E-state index in [0.717, 1.165) is 11.1 Å². The zero-order valence-corrected chi connectivity index (χ0v) is 12.2. The van der Waals surface area contributed by atoms with Crippen LogP contribution < -0.4 is 5.73 Å². The second kappa shape index (κ2) is 16.8. The summed E-state index contributed by atoms with van der Waals surface area (Å²) in [5.74, 6) is 0.551. The number of nitrogen functional groups attached to an aromatic ring is 1. The zero-order valence-electron chi connectivity index (χ0n) is 12.2. The highest BCUT2D eigenvalue weighted by Crippen LogP contribution is 2.13. The molecule has 2 heteroatoms. The van der Waals surface area contributed by atoms with Gasteiger partial charge in [0.25, 0.3) is 0 Å². The Morgan fingerprint density at radius 3 is 1.82 bits per heavy atom. The quantitative estimate of drug-likeness (QED) is 0.707. The third-order valence-electron chi connectivity index (χ3n) is 1.44. The van der Waals surface area contributed by atoms with Crippen LogP contribution in [0.2, 0.25) is 0 Å². The first-order valence-corrected chi connectivity index (χ1v) is 6.08. The molecule has 0 spiro atoms. The summed E-state index contributed by atoms with van der Waals surface area (Å²) in [6.45, 7) is 18.9. The van der Waals surface area contributed by atoms with Crippen molar-refractivity contribution in [2.24, 2.45) is 0 Å². The van der Waals surface area contributed by atoms with Gasteiger partial charge in [-0.2, -0.15) is 0 Å². The molecular weight excluding hydrogens is 208 g/mol. The number of hydrogen-bond acceptors (Lipinski definition) is 2. The van der Waals surface area contributed by atoms with Crippen molar-refractivity contribution in [3.63, 3.8) is 0 Å². The van der Waals surface area contributed by atoms with Gasteiger partial charge in [-0.25, -0.2) is 4.98 Å². The molecule has 0 aliphatic carbocycles. The zero-order chi connectivity index (χ0) is 14.3. The van der Waals surface area contributed by atoms with Crippen molar-refractivity contribution in [1.29, 1.82) is 0 Å². The predicted octanol–water partition coefficient (Wildman–Crippen LogP) is 4.86. The summed E-state index contributed by atoms with van der Waals surface area (Å²) in [5.41, 5.74) is 7.60. The Balaban J connectivity index is -0.000000239. The number of allylic oxidation sites excluding steroid dienone is 1. The van der Waals surface area contributed by atoms with E-state index < -0.39 is 0 Å². The Labute approximate surface area is 107 Å². The highest BCUT2D eigenvalue weighted by molar-refractivity contribution is 5.62. The number of aromatic nitrogens is 1. The second-order valence-corrected chi connectivity index (χ2v) is 2.54. The number of nitrogens with zero attached hydrogens (tertiary/aromatic N) is 1. The number of pyridine rings is 1. The average molecular weight is 236 g/mol. The van der Waals surface area contributed by atoms with Gasteiger partial charge in [-0.1, -0.05) is 46.4 Å². The van der Waals surface area contributed by atoms with E-state index in [1.54, 1.807) is 18.3 Å². The fourth-order valence-corrected chi connectivity index (χ4v) is 0.856. The average Bonchev–Trinajstić information content (AvgIpc) is 2.35. The first kappa shape index (κ1) is 20.8. The second-order valence-electron chi connectivity index (χ2n) is 2.54. The summed E-state index contributed by atoms with van der Waals surface area (Å²) in [5, 5.41) is 0. The van der Waals surface area contributed by atoms with Gasteiger partial charge in [-0.3, -0.25) is 0 Å². The van der Waals surface area contributed by atoms with E-state index in [1.807, 2.05) is 47.6 Å². The van der Waals surface area contributed by atoms with E-state index in [4.69, 9.17) is 5.73 Å². The topological polar surface area (TPSA) is 38.9 Å². The van der Waals surface area contributed by atoms with Gasteiger partial charge in [-0.05, 0) is 25.5 Å². The van der Waals surface area contributed by atoms with Gasteiger partial charge in [0.2, 0.25) is 0 Å². The van der Waals surface area contributed by atoms with Crippen molar-refractivity contribution in [2.45, 2.75) is 41.5 Å². The van der Waals surface area contributed by atoms with Crippen molar-refractivity contribution in [1.82, 2.24) is 4.98 Å². The Kier molecular flexibility index (Phi) is 20.6. The van der Waals surface area contributed by atoms with Crippen LogP contribution in [0.5, 0.6) is 0 Å². The Morgan fingerprint density at radius 1 is 1.18 bits per heavy atom. The molecule has 0 saturated heterocycles. The summed E-state index contributed by atoms with van der Waals surface area (Å²) in [4.78, 5) is 3.92. The predicted molar refractivity (Wildman–Crippen MR) is 82.0 cm³/mol. The van der Waals surface area contributed by atoms with Crippen LogP contribution in [0.25, 0.3) is 6.08 Å². The SMILES string of the molecule is C=CC.C=Cc1c(C)ccnc1N.CC.CC. The molecule has 0 aliphatic rings. The molecule has 0 saturated carbocycles. The summed E-state index contributed by atoms with van der Waals surface area (Å²) >= 11 is 0. The van der Waals surface area contributed by atoms with Gasteiger partial charge in [0, 0.05) is 11.8 Å². The van der Waals surface area contributed by atoms with E-state index in [9.17, 15) is 0 Å². The fraction of sp³-hybridized carbons (Fsp3) is 0.400. The normalized spacial score (nSPS) is 6.94. The molecule has 0 unspecified atom stereocenters. The molecule has 1 heterocycles. The summed E-state index contributed by atoms with van der Waals surface area (Å²) in [6.07, 6.45) is 5.16. The molecule has 17 heavy (non-hydrogen) atoms. The monoisotopic (exact) mass is 236 g/mol. The lowest BCUT2D eigenvalue weighted by Gasteiger charge is -2.00. The smallest absolute Gasteiger partial charge is 0.130 e. The molecule has 2 N–H and O–H groups in total.